The van der Waals surface area contributed by atoms with Gasteiger partial charge in [0.15, 0.2) is 6.29 Å². The number of hydrogen-bond acceptors (Lipinski definition) is 7. The van der Waals surface area contributed by atoms with Crippen molar-refractivity contribution < 1.29 is 34.6 Å². The molecule has 2 fully saturated rings. The van der Waals surface area contributed by atoms with Crippen LogP contribution in [0.1, 0.15) is 58.3 Å². The van der Waals surface area contributed by atoms with Crippen LogP contribution in [0, 0.1) is 0 Å². The van der Waals surface area contributed by atoms with Crippen molar-refractivity contribution in [2.45, 2.75) is 76.8 Å². The maximum absolute atomic E-state index is 8.33. The Bertz CT molecular complexity index is 238. The van der Waals surface area contributed by atoms with Crippen molar-refractivity contribution in [3.05, 3.63) is 0 Å². The van der Waals surface area contributed by atoms with Gasteiger partial charge < -0.3 is 34.6 Å². The molecule has 0 radical (unpaired) electrons. The summed E-state index contributed by atoms with van der Waals surface area (Å²) in [6.07, 6.45) is 7.19. The van der Waals surface area contributed by atoms with E-state index in [4.69, 9.17) is 34.6 Å². The van der Waals surface area contributed by atoms with Crippen molar-refractivity contribution >= 4 is 0 Å². The maximum Gasteiger partial charge on any atom is 0.151 e. The van der Waals surface area contributed by atoms with Crippen molar-refractivity contribution in [2.24, 2.45) is 0 Å². The van der Waals surface area contributed by atoms with Crippen LogP contribution < -0.4 is 0 Å². The second-order valence-electron chi connectivity index (χ2n) is 6.29. The van der Waals surface area contributed by atoms with Crippen LogP contribution in [0.25, 0.3) is 0 Å². The molecule has 2 heterocycles. The SMILES string of the molecule is C(OCC1CO1)C1CO1.CCCCCC(O)O.OCCCCCCO. The number of unbranched alkanes of at least 4 members (excludes halogenated alkanes) is 5. The van der Waals surface area contributed by atoms with Crippen LogP contribution in [-0.2, 0) is 14.2 Å². The van der Waals surface area contributed by atoms with Crippen LogP contribution in [0.2, 0.25) is 0 Å². The van der Waals surface area contributed by atoms with Gasteiger partial charge in [0.25, 0.3) is 0 Å². The van der Waals surface area contributed by atoms with Gasteiger partial charge in [0.2, 0.25) is 0 Å². The third kappa shape index (κ3) is 23.7. The zero-order valence-corrected chi connectivity index (χ0v) is 15.6. The predicted octanol–water partition coefficient (Wildman–Crippen LogP) is 1.21. The van der Waals surface area contributed by atoms with Crippen LogP contribution >= 0.6 is 0 Å². The van der Waals surface area contributed by atoms with Crippen LogP contribution in [0.3, 0.4) is 0 Å². The van der Waals surface area contributed by atoms with Crippen molar-refractivity contribution in [2.75, 3.05) is 39.6 Å². The van der Waals surface area contributed by atoms with E-state index in [0.717, 1.165) is 71.4 Å². The average Bonchev–Trinajstić information content (AvgIpc) is 3.48. The second kappa shape index (κ2) is 18.5. The minimum absolute atomic E-state index is 0.283. The molecule has 25 heavy (non-hydrogen) atoms. The molecule has 2 aliphatic rings. The lowest BCUT2D eigenvalue weighted by Crippen LogP contribution is -2.06. The molecule has 0 aliphatic carbocycles. The van der Waals surface area contributed by atoms with Gasteiger partial charge in [-0.1, -0.05) is 32.6 Å². The van der Waals surface area contributed by atoms with Crippen LogP contribution in [0.5, 0.6) is 0 Å². The summed E-state index contributed by atoms with van der Waals surface area (Å²) in [5.74, 6) is 0. The van der Waals surface area contributed by atoms with E-state index in [9.17, 15) is 0 Å². The molecular formula is C18H38O7. The third-order valence-electron chi connectivity index (χ3n) is 3.54. The van der Waals surface area contributed by atoms with E-state index in [1.807, 2.05) is 0 Å². The largest absolute Gasteiger partial charge is 0.396 e. The van der Waals surface area contributed by atoms with Gasteiger partial charge in [-0.25, -0.2) is 0 Å². The summed E-state index contributed by atoms with van der Waals surface area (Å²) in [6, 6.07) is 0. The number of ether oxygens (including phenoxy) is 3. The molecule has 2 unspecified atom stereocenters. The smallest absolute Gasteiger partial charge is 0.151 e. The summed E-state index contributed by atoms with van der Waals surface area (Å²) in [4.78, 5) is 0. The normalized spacial score (nSPS) is 20.4. The molecule has 0 aromatic rings. The van der Waals surface area contributed by atoms with Crippen molar-refractivity contribution in [1.82, 2.24) is 0 Å². The van der Waals surface area contributed by atoms with E-state index in [2.05, 4.69) is 6.92 Å². The number of epoxide rings is 2. The highest BCUT2D eigenvalue weighted by Gasteiger charge is 2.26. The van der Waals surface area contributed by atoms with Gasteiger partial charge in [0.05, 0.1) is 26.4 Å². The summed E-state index contributed by atoms with van der Waals surface area (Å²) >= 11 is 0. The number of aliphatic hydroxyl groups is 4. The minimum Gasteiger partial charge on any atom is -0.396 e. The van der Waals surface area contributed by atoms with Crippen molar-refractivity contribution in [1.29, 1.82) is 0 Å². The summed E-state index contributed by atoms with van der Waals surface area (Å²) in [5.41, 5.74) is 0. The Morgan fingerprint density at radius 1 is 0.840 bits per heavy atom. The van der Waals surface area contributed by atoms with Crippen molar-refractivity contribution in [3.8, 4) is 0 Å². The predicted molar refractivity (Wildman–Crippen MR) is 95.3 cm³/mol. The van der Waals surface area contributed by atoms with E-state index < -0.39 is 6.29 Å². The fourth-order valence-corrected chi connectivity index (χ4v) is 1.81. The van der Waals surface area contributed by atoms with Crippen LogP contribution in [0.15, 0.2) is 0 Å². The first-order valence-electron chi connectivity index (χ1n) is 9.52. The summed E-state index contributed by atoms with van der Waals surface area (Å²) in [7, 11) is 0. The molecule has 7 nitrogen and oxygen atoms in total. The zero-order valence-electron chi connectivity index (χ0n) is 15.6. The Balaban J connectivity index is 0.000000348. The quantitative estimate of drug-likeness (QED) is 0.220. The van der Waals surface area contributed by atoms with Crippen LogP contribution in [0.4, 0.5) is 0 Å². The van der Waals surface area contributed by atoms with E-state index in [-0.39, 0.29) is 13.2 Å². The Hall–Kier alpha value is -0.280. The monoisotopic (exact) mass is 366 g/mol. The molecule has 0 amide bonds. The van der Waals surface area contributed by atoms with Gasteiger partial charge >= 0.3 is 0 Å². The van der Waals surface area contributed by atoms with Crippen LogP contribution in [-0.4, -0.2) is 78.6 Å². The molecular weight excluding hydrogens is 328 g/mol. The van der Waals surface area contributed by atoms with Gasteiger partial charge in [0, 0.05) is 13.2 Å². The molecule has 4 N–H and O–H groups in total. The fraction of sp³-hybridized carbons (Fsp3) is 1.00. The van der Waals surface area contributed by atoms with Gasteiger partial charge in [-0.05, 0) is 25.7 Å². The molecule has 0 aromatic carbocycles. The van der Waals surface area contributed by atoms with Gasteiger partial charge in [-0.15, -0.1) is 0 Å². The number of aliphatic hydroxyl groups excluding tert-OH is 3. The molecule has 152 valence electrons. The average molecular weight is 366 g/mol. The molecule has 0 bridgehead atoms. The van der Waals surface area contributed by atoms with E-state index in [0.29, 0.717) is 18.6 Å². The molecule has 0 saturated carbocycles. The van der Waals surface area contributed by atoms with Crippen molar-refractivity contribution in [3.63, 3.8) is 0 Å². The first-order chi connectivity index (χ1) is 12.1. The molecule has 2 saturated heterocycles. The van der Waals surface area contributed by atoms with Gasteiger partial charge in [0.1, 0.15) is 12.2 Å². The lowest BCUT2D eigenvalue weighted by atomic mass is 10.2. The number of rotatable bonds is 13. The summed E-state index contributed by atoms with van der Waals surface area (Å²) in [5, 5.41) is 33.3. The Morgan fingerprint density at radius 2 is 1.32 bits per heavy atom. The highest BCUT2D eigenvalue weighted by atomic mass is 16.6. The first-order valence-corrected chi connectivity index (χ1v) is 9.52. The lowest BCUT2D eigenvalue weighted by molar-refractivity contribution is -0.0465. The molecule has 0 spiro atoms. The summed E-state index contributed by atoms with van der Waals surface area (Å²) in [6.45, 7) is 5.91. The minimum atomic E-state index is -1.10. The van der Waals surface area contributed by atoms with Gasteiger partial charge in [-0.2, -0.15) is 0 Å². The van der Waals surface area contributed by atoms with E-state index in [1.54, 1.807) is 0 Å². The molecule has 2 aliphatic heterocycles. The summed E-state index contributed by atoms with van der Waals surface area (Å²) < 4.78 is 15.1. The zero-order chi connectivity index (χ0) is 18.8. The third-order valence-corrected chi connectivity index (χ3v) is 3.54. The first kappa shape index (κ1) is 24.7. The fourth-order valence-electron chi connectivity index (χ4n) is 1.81. The Kier molecular flexibility index (Phi) is 18.3. The number of hydrogen-bond donors (Lipinski definition) is 4. The molecule has 7 heteroatoms. The molecule has 0 aromatic heterocycles. The highest BCUT2D eigenvalue weighted by Crippen LogP contribution is 2.12. The molecule has 2 atom stereocenters. The van der Waals surface area contributed by atoms with E-state index >= 15 is 0 Å². The topological polar surface area (TPSA) is 115 Å². The van der Waals surface area contributed by atoms with Gasteiger partial charge in [-0.3, -0.25) is 0 Å². The Labute approximate surface area is 151 Å². The standard InChI is InChI=1S/C6H10O3.2C6H14O2/c1(5-3-8-5)7-2-6-4-9-6;1-2-3-4-5-6(7)8;7-5-3-1-2-4-6-8/h5-6H,1-4H2;6-8H,2-5H2,1H3;7-8H,1-6H2. The van der Waals surface area contributed by atoms with E-state index in [1.165, 1.54) is 0 Å². The second-order valence-corrected chi connectivity index (χ2v) is 6.29. The maximum atomic E-state index is 8.33. The lowest BCUT2D eigenvalue weighted by Gasteiger charge is -1.99. The highest BCUT2D eigenvalue weighted by molar-refractivity contribution is 4.71. The molecule has 2 rings (SSSR count). The Morgan fingerprint density at radius 3 is 1.64 bits per heavy atom.